The summed E-state index contributed by atoms with van der Waals surface area (Å²) < 4.78 is 5.49. The van der Waals surface area contributed by atoms with Crippen molar-refractivity contribution >= 4 is 5.91 Å². The van der Waals surface area contributed by atoms with Gasteiger partial charge in [0.05, 0.1) is 11.6 Å². The monoisotopic (exact) mass is 246 g/mol. The SMILES string of the molecule is CC(C)CNC(=O)[C@@H](C)Oc1ccc(C#N)cc1. The molecule has 0 saturated carbocycles. The van der Waals surface area contributed by atoms with Crippen LogP contribution in [0.4, 0.5) is 0 Å². The van der Waals surface area contributed by atoms with E-state index in [0.717, 1.165) is 0 Å². The number of amides is 1. The van der Waals surface area contributed by atoms with Crippen molar-refractivity contribution in [2.75, 3.05) is 6.54 Å². The molecule has 0 spiro atoms. The third-order valence-corrected chi connectivity index (χ3v) is 2.35. The molecule has 0 aliphatic rings. The Bertz CT molecular complexity index is 432. The Morgan fingerprint density at radius 2 is 1.94 bits per heavy atom. The molecule has 1 aromatic carbocycles. The van der Waals surface area contributed by atoms with Crippen LogP contribution >= 0.6 is 0 Å². The molecule has 4 heteroatoms. The Balaban J connectivity index is 2.50. The molecule has 0 unspecified atom stereocenters. The highest BCUT2D eigenvalue weighted by Crippen LogP contribution is 2.13. The van der Waals surface area contributed by atoms with E-state index < -0.39 is 6.10 Å². The van der Waals surface area contributed by atoms with Gasteiger partial charge in [0, 0.05) is 6.54 Å². The van der Waals surface area contributed by atoms with E-state index in [2.05, 4.69) is 5.32 Å². The van der Waals surface area contributed by atoms with Gasteiger partial charge in [0.25, 0.3) is 5.91 Å². The molecule has 4 nitrogen and oxygen atoms in total. The summed E-state index contributed by atoms with van der Waals surface area (Å²) in [7, 11) is 0. The zero-order valence-corrected chi connectivity index (χ0v) is 10.9. The summed E-state index contributed by atoms with van der Waals surface area (Å²) in [4.78, 5) is 11.7. The highest BCUT2D eigenvalue weighted by atomic mass is 16.5. The molecule has 0 fully saturated rings. The average Bonchev–Trinajstić information content (AvgIpc) is 2.36. The second-order valence-electron chi connectivity index (χ2n) is 4.54. The lowest BCUT2D eigenvalue weighted by Crippen LogP contribution is -2.38. The first-order valence-corrected chi connectivity index (χ1v) is 5.97. The fourth-order valence-corrected chi connectivity index (χ4v) is 1.31. The summed E-state index contributed by atoms with van der Waals surface area (Å²) in [5, 5.41) is 11.5. The van der Waals surface area contributed by atoms with Crippen molar-refractivity contribution in [1.29, 1.82) is 5.26 Å². The lowest BCUT2D eigenvalue weighted by molar-refractivity contribution is -0.127. The standard InChI is InChI=1S/C14H18N2O2/c1-10(2)9-16-14(17)11(3)18-13-6-4-12(8-15)5-7-13/h4-7,10-11H,9H2,1-3H3,(H,16,17)/t11-/m1/s1. The molecule has 0 radical (unpaired) electrons. The predicted octanol–water partition coefficient (Wildman–Crippen LogP) is 2.10. The first kappa shape index (κ1) is 14.0. The molecule has 0 bridgehead atoms. The number of carbonyl (C=O) groups is 1. The van der Waals surface area contributed by atoms with E-state index in [1.807, 2.05) is 19.9 Å². The Hall–Kier alpha value is -2.02. The lowest BCUT2D eigenvalue weighted by atomic mass is 10.2. The van der Waals surface area contributed by atoms with E-state index >= 15 is 0 Å². The Labute approximate surface area is 108 Å². The maximum Gasteiger partial charge on any atom is 0.260 e. The Morgan fingerprint density at radius 1 is 1.33 bits per heavy atom. The molecule has 0 aliphatic heterocycles. The number of carbonyl (C=O) groups excluding carboxylic acids is 1. The van der Waals surface area contributed by atoms with Crippen LogP contribution in [0.1, 0.15) is 26.3 Å². The van der Waals surface area contributed by atoms with Crippen molar-refractivity contribution < 1.29 is 9.53 Å². The molecule has 0 saturated heterocycles. The molecule has 1 aromatic rings. The number of hydrogen-bond acceptors (Lipinski definition) is 3. The number of benzene rings is 1. The van der Waals surface area contributed by atoms with E-state index in [4.69, 9.17) is 10.00 Å². The summed E-state index contributed by atoms with van der Waals surface area (Å²) in [6.45, 7) is 6.41. The van der Waals surface area contributed by atoms with Crippen LogP contribution in [-0.2, 0) is 4.79 Å². The molecule has 0 aliphatic carbocycles. The van der Waals surface area contributed by atoms with Gasteiger partial charge in [0.1, 0.15) is 5.75 Å². The Morgan fingerprint density at radius 3 is 2.44 bits per heavy atom. The zero-order chi connectivity index (χ0) is 13.5. The van der Waals surface area contributed by atoms with Gasteiger partial charge in [-0.25, -0.2) is 0 Å². The van der Waals surface area contributed by atoms with E-state index in [-0.39, 0.29) is 5.91 Å². The van der Waals surface area contributed by atoms with Gasteiger partial charge in [0.15, 0.2) is 6.10 Å². The van der Waals surface area contributed by atoms with Crippen LogP contribution < -0.4 is 10.1 Å². The van der Waals surface area contributed by atoms with Crippen LogP contribution in [0, 0.1) is 17.2 Å². The number of ether oxygens (including phenoxy) is 1. The highest BCUT2D eigenvalue weighted by Gasteiger charge is 2.14. The average molecular weight is 246 g/mol. The minimum Gasteiger partial charge on any atom is -0.481 e. The number of rotatable bonds is 5. The number of nitriles is 1. The van der Waals surface area contributed by atoms with Crippen LogP contribution in [0.25, 0.3) is 0 Å². The van der Waals surface area contributed by atoms with Crippen LogP contribution in [0.5, 0.6) is 5.75 Å². The van der Waals surface area contributed by atoms with Gasteiger partial charge in [-0.15, -0.1) is 0 Å². The number of nitrogens with one attached hydrogen (secondary N) is 1. The topological polar surface area (TPSA) is 62.1 Å². The van der Waals surface area contributed by atoms with Gasteiger partial charge in [-0.2, -0.15) is 5.26 Å². The van der Waals surface area contributed by atoms with Gasteiger partial charge < -0.3 is 10.1 Å². The summed E-state index contributed by atoms with van der Waals surface area (Å²) in [6, 6.07) is 8.72. The van der Waals surface area contributed by atoms with Crippen LogP contribution in [-0.4, -0.2) is 18.6 Å². The molecule has 1 atom stereocenters. The normalized spacial score (nSPS) is 11.7. The quantitative estimate of drug-likeness (QED) is 0.865. The van der Waals surface area contributed by atoms with Crippen LogP contribution in [0.3, 0.4) is 0 Å². The molecular formula is C14H18N2O2. The maximum atomic E-state index is 11.7. The van der Waals surface area contributed by atoms with Gasteiger partial charge in [-0.05, 0) is 37.1 Å². The minimum atomic E-state index is -0.545. The summed E-state index contributed by atoms with van der Waals surface area (Å²) in [5.74, 6) is 0.866. The number of hydrogen-bond donors (Lipinski definition) is 1. The summed E-state index contributed by atoms with van der Waals surface area (Å²) in [6.07, 6.45) is -0.545. The molecular weight excluding hydrogens is 228 g/mol. The first-order chi connectivity index (χ1) is 8.52. The largest absolute Gasteiger partial charge is 0.481 e. The second kappa shape index (κ2) is 6.65. The van der Waals surface area contributed by atoms with Crippen molar-refractivity contribution in [3.05, 3.63) is 29.8 Å². The predicted molar refractivity (Wildman–Crippen MR) is 69.1 cm³/mol. The van der Waals surface area contributed by atoms with Gasteiger partial charge in [-0.3, -0.25) is 4.79 Å². The first-order valence-electron chi connectivity index (χ1n) is 5.97. The van der Waals surface area contributed by atoms with Gasteiger partial charge in [0.2, 0.25) is 0 Å². The van der Waals surface area contributed by atoms with E-state index in [0.29, 0.717) is 23.8 Å². The zero-order valence-electron chi connectivity index (χ0n) is 10.9. The maximum absolute atomic E-state index is 11.7. The summed E-state index contributed by atoms with van der Waals surface area (Å²) in [5.41, 5.74) is 0.569. The van der Waals surface area contributed by atoms with Crippen molar-refractivity contribution in [3.63, 3.8) is 0 Å². The third-order valence-electron chi connectivity index (χ3n) is 2.35. The van der Waals surface area contributed by atoms with Crippen molar-refractivity contribution in [1.82, 2.24) is 5.32 Å². The molecule has 0 heterocycles. The van der Waals surface area contributed by atoms with Crippen molar-refractivity contribution in [2.45, 2.75) is 26.9 Å². The van der Waals surface area contributed by atoms with E-state index in [9.17, 15) is 4.79 Å². The Kier molecular flexibility index (Phi) is 5.19. The van der Waals surface area contributed by atoms with Gasteiger partial charge >= 0.3 is 0 Å². The molecule has 18 heavy (non-hydrogen) atoms. The van der Waals surface area contributed by atoms with E-state index in [1.54, 1.807) is 31.2 Å². The highest BCUT2D eigenvalue weighted by molar-refractivity contribution is 5.80. The molecule has 0 aromatic heterocycles. The van der Waals surface area contributed by atoms with Crippen molar-refractivity contribution in [3.8, 4) is 11.8 Å². The smallest absolute Gasteiger partial charge is 0.260 e. The molecule has 96 valence electrons. The molecule has 1 N–H and O–H groups in total. The second-order valence-corrected chi connectivity index (χ2v) is 4.54. The number of nitrogens with zero attached hydrogens (tertiary/aromatic N) is 1. The fourth-order valence-electron chi connectivity index (χ4n) is 1.31. The van der Waals surface area contributed by atoms with Gasteiger partial charge in [-0.1, -0.05) is 13.8 Å². The van der Waals surface area contributed by atoms with E-state index in [1.165, 1.54) is 0 Å². The lowest BCUT2D eigenvalue weighted by Gasteiger charge is -2.15. The molecule has 1 rings (SSSR count). The molecule has 1 amide bonds. The van der Waals surface area contributed by atoms with Crippen LogP contribution in [0.15, 0.2) is 24.3 Å². The summed E-state index contributed by atoms with van der Waals surface area (Å²) >= 11 is 0. The van der Waals surface area contributed by atoms with Crippen molar-refractivity contribution in [2.24, 2.45) is 5.92 Å². The van der Waals surface area contributed by atoms with Crippen LogP contribution in [0.2, 0.25) is 0 Å². The minimum absolute atomic E-state index is 0.131. The fraction of sp³-hybridized carbons (Fsp3) is 0.429. The third kappa shape index (κ3) is 4.46.